The molecule has 0 bridgehead atoms. The monoisotopic (exact) mass is 409 g/mol. The maximum absolute atomic E-state index is 12.8. The van der Waals surface area contributed by atoms with E-state index in [-0.39, 0.29) is 10.8 Å². The first-order chi connectivity index (χ1) is 13.5. The summed E-state index contributed by atoms with van der Waals surface area (Å²) >= 11 is 0. The maximum atomic E-state index is 12.8. The second-order valence-electron chi connectivity index (χ2n) is 7.53. The van der Waals surface area contributed by atoms with Crippen molar-refractivity contribution in [1.29, 1.82) is 0 Å². The molecule has 28 heavy (non-hydrogen) atoms. The summed E-state index contributed by atoms with van der Waals surface area (Å²) in [6, 6.07) is 4.82. The van der Waals surface area contributed by atoms with Crippen molar-refractivity contribution in [2.24, 2.45) is 0 Å². The number of amides is 1. The lowest BCUT2D eigenvalue weighted by molar-refractivity contribution is 0.0376. The average Bonchev–Trinajstić information content (AvgIpc) is 2.72. The van der Waals surface area contributed by atoms with Gasteiger partial charge in [0.05, 0.1) is 18.1 Å². The smallest absolute Gasteiger partial charge is 0.254 e. The number of carbonyl (C=O) groups excluding carboxylic acids is 1. The van der Waals surface area contributed by atoms with Crippen LogP contribution in [0.1, 0.15) is 41.6 Å². The molecule has 2 aliphatic rings. The molecule has 0 spiro atoms. The molecule has 0 unspecified atom stereocenters. The van der Waals surface area contributed by atoms with Gasteiger partial charge in [0.2, 0.25) is 10.0 Å². The SMILES string of the molecule is Cc1ccc(S(=O)(=O)NCCCN2CCOCC2)cc1C(=O)N1CCCCC1. The number of piperidine rings is 1. The van der Waals surface area contributed by atoms with Crippen LogP contribution in [0.3, 0.4) is 0 Å². The molecule has 1 aromatic rings. The Hall–Kier alpha value is -1.48. The Balaban J connectivity index is 1.60. The van der Waals surface area contributed by atoms with E-state index >= 15 is 0 Å². The summed E-state index contributed by atoms with van der Waals surface area (Å²) in [5, 5.41) is 0. The fourth-order valence-electron chi connectivity index (χ4n) is 3.68. The van der Waals surface area contributed by atoms with Gasteiger partial charge in [-0.3, -0.25) is 9.69 Å². The fraction of sp³-hybridized carbons (Fsp3) is 0.650. The zero-order chi connectivity index (χ0) is 20.0. The number of nitrogens with one attached hydrogen (secondary N) is 1. The first kappa shape index (κ1) is 21.2. The molecule has 0 radical (unpaired) electrons. The highest BCUT2D eigenvalue weighted by Crippen LogP contribution is 2.20. The molecule has 0 atom stereocenters. The van der Waals surface area contributed by atoms with E-state index in [4.69, 9.17) is 4.74 Å². The number of ether oxygens (including phenoxy) is 1. The molecule has 8 heteroatoms. The van der Waals surface area contributed by atoms with E-state index in [0.717, 1.165) is 77.2 Å². The predicted molar refractivity (Wildman–Crippen MR) is 108 cm³/mol. The molecule has 0 aromatic heterocycles. The molecule has 2 aliphatic heterocycles. The van der Waals surface area contributed by atoms with Gasteiger partial charge >= 0.3 is 0 Å². The summed E-state index contributed by atoms with van der Waals surface area (Å²) in [6.45, 7) is 7.83. The number of rotatable bonds is 7. The molecule has 2 fully saturated rings. The molecule has 1 N–H and O–H groups in total. The van der Waals surface area contributed by atoms with Gasteiger partial charge in [-0.25, -0.2) is 13.1 Å². The minimum Gasteiger partial charge on any atom is -0.379 e. The average molecular weight is 410 g/mol. The number of nitrogens with zero attached hydrogens (tertiary/aromatic N) is 2. The van der Waals surface area contributed by atoms with Crippen molar-refractivity contribution in [3.05, 3.63) is 29.3 Å². The van der Waals surface area contributed by atoms with Gasteiger partial charge in [-0.05, 0) is 56.8 Å². The van der Waals surface area contributed by atoms with Gasteiger partial charge in [0.25, 0.3) is 5.91 Å². The Kier molecular flexibility index (Phi) is 7.45. The summed E-state index contributed by atoms with van der Waals surface area (Å²) in [6.07, 6.45) is 3.90. The van der Waals surface area contributed by atoms with E-state index in [1.807, 2.05) is 11.8 Å². The lowest BCUT2D eigenvalue weighted by Crippen LogP contribution is -2.38. The number of hydrogen-bond acceptors (Lipinski definition) is 5. The first-order valence-corrected chi connectivity index (χ1v) is 11.7. The van der Waals surface area contributed by atoms with Crippen LogP contribution in [0.25, 0.3) is 0 Å². The highest BCUT2D eigenvalue weighted by atomic mass is 32.2. The Morgan fingerprint density at radius 3 is 2.54 bits per heavy atom. The zero-order valence-corrected chi connectivity index (χ0v) is 17.5. The third-order valence-electron chi connectivity index (χ3n) is 5.44. The summed E-state index contributed by atoms with van der Waals surface area (Å²) in [7, 11) is -3.63. The number of likely N-dealkylation sites (tertiary alicyclic amines) is 1. The molecule has 3 rings (SSSR count). The summed E-state index contributed by atoms with van der Waals surface area (Å²) in [4.78, 5) is 17.1. The molecular formula is C20H31N3O4S. The largest absolute Gasteiger partial charge is 0.379 e. The van der Waals surface area contributed by atoms with Crippen LogP contribution >= 0.6 is 0 Å². The highest BCUT2D eigenvalue weighted by Gasteiger charge is 2.22. The highest BCUT2D eigenvalue weighted by molar-refractivity contribution is 7.89. The standard InChI is InChI=1S/C20H31N3O4S/c1-17-6-7-18(16-19(17)20(24)23-10-3-2-4-11-23)28(25,26)21-8-5-9-22-12-14-27-15-13-22/h6-7,16,21H,2-5,8-15H2,1H3. The first-order valence-electron chi connectivity index (χ1n) is 10.2. The molecule has 156 valence electrons. The van der Waals surface area contributed by atoms with Crippen molar-refractivity contribution in [2.45, 2.75) is 37.5 Å². The summed E-state index contributed by atoms with van der Waals surface area (Å²) in [5.41, 5.74) is 1.29. The minimum atomic E-state index is -3.63. The number of hydrogen-bond donors (Lipinski definition) is 1. The van der Waals surface area contributed by atoms with Crippen molar-refractivity contribution < 1.29 is 17.9 Å². The number of benzene rings is 1. The van der Waals surface area contributed by atoms with Crippen molar-refractivity contribution >= 4 is 15.9 Å². The maximum Gasteiger partial charge on any atom is 0.254 e. The van der Waals surface area contributed by atoms with Crippen LogP contribution in [0.5, 0.6) is 0 Å². The van der Waals surface area contributed by atoms with Gasteiger partial charge in [-0.15, -0.1) is 0 Å². The molecule has 0 aliphatic carbocycles. The zero-order valence-electron chi connectivity index (χ0n) is 16.7. The molecular weight excluding hydrogens is 378 g/mol. The van der Waals surface area contributed by atoms with Crippen LogP contribution in [0.15, 0.2) is 23.1 Å². The van der Waals surface area contributed by atoms with Crippen LogP contribution in [-0.2, 0) is 14.8 Å². The third kappa shape index (κ3) is 5.53. The fourth-order valence-corrected chi connectivity index (χ4v) is 4.78. The van der Waals surface area contributed by atoms with Gasteiger partial charge in [0.15, 0.2) is 0 Å². The van der Waals surface area contributed by atoms with E-state index < -0.39 is 10.0 Å². The lowest BCUT2D eigenvalue weighted by Gasteiger charge is -2.27. The summed E-state index contributed by atoms with van der Waals surface area (Å²) in [5.74, 6) is -0.0680. The van der Waals surface area contributed by atoms with Crippen molar-refractivity contribution in [1.82, 2.24) is 14.5 Å². The number of carbonyl (C=O) groups is 1. The van der Waals surface area contributed by atoms with E-state index in [9.17, 15) is 13.2 Å². The van der Waals surface area contributed by atoms with Gasteiger partial charge in [-0.2, -0.15) is 0 Å². The van der Waals surface area contributed by atoms with Crippen LogP contribution in [0, 0.1) is 6.92 Å². The Labute approximate surface area is 168 Å². The minimum absolute atomic E-state index is 0.0680. The molecule has 2 saturated heterocycles. The van der Waals surface area contributed by atoms with Crippen LogP contribution in [0.4, 0.5) is 0 Å². The molecule has 7 nitrogen and oxygen atoms in total. The van der Waals surface area contributed by atoms with E-state index in [2.05, 4.69) is 9.62 Å². The van der Waals surface area contributed by atoms with Gasteiger partial charge in [-0.1, -0.05) is 6.07 Å². The van der Waals surface area contributed by atoms with Gasteiger partial charge < -0.3 is 9.64 Å². The number of morpholine rings is 1. The van der Waals surface area contributed by atoms with E-state index in [0.29, 0.717) is 12.1 Å². The van der Waals surface area contributed by atoms with Gasteiger partial charge in [0, 0.05) is 38.3 Å². The van der Waals surface area contributed by atoms with E-state index in [1.165, 1.54) is 6.07 Å². The Morgan fingerprint density at radius 1 is 1.11 bits per heavy atom. The lowest BCUT2D eigenvalue weighted by atomic mass is 10.1. The molecule has 1 amide bonds. The Morgan fingerprint density at radius 2 is 1.82 bits per heavy atom. The van der Waals surface area contributed by atoms with Crippen molar-refractivity contribution in [3.63, 3.8) is 0 Å². The van der Waals surface area contributed by atoms with Crippen molar-refractivity contribution in [2.75, 3.05) is 52.5 Å². The topological polar surface area (TPSA) is 79.0 Å². The van der Waals surface area contributed by atoms with Crippen molar-refractivity contribution in [3.8, 4) is 0 Å². The summed E-state index contributed by atoms with van der Waals surface area (Å²) < 4.78 is 33.3. The van der Waals surface area contributed by atoms with Crippen LogP contribution in [0.2, 0.25) is 0 Å². The molecule has 0 saturated carbocycles. The number of sulfonamides is 1. The normalized spacial score (nSPS) is 19.0. The van der Waals surface area contributed by atoms with Crippen LogP contribution in [-0.4, -0.2) is 76.6 Å². The molecule has 2 heterocycles. The predicted octanol–water partition coefficient (Wildman–Crippen LogP) is 1.62. The second-order valence-corrected chi connectivity index (χ2v) is 9.30. The number of aryl methyl sites for hydroxylation is 1. The van der Waals surface area contributed by atoms with Crippen LogP contribution < -0.4 is 4.72 Å². The van der Waals surface area contributed by atoms with Gasteiger partial charge in [0.1, 0.15) is 0 Å². The quantitative estimate of drug-likeness (QED) is 0.693. The molecule has 1 aromatic carbocycles. The van der Waals surface area contributed by atoms with E-state index in [1.54, 1.807) is 12.1 Å². The third-order valence-corrected chi connectivity index (χ3v) is 6.90. The second kappa shape index (κ2) is 9.82. The Bertz CT molecular complexity index is 770.